The van der Waals surface area contributed by atoms with Gasteiger partial charge in [0.05, 0.1) is 0 Å². The van der Waals surface area contributed by atoms with Crippen LogP contribution in [0.1, 0.15) is 12.8 Å². The molecule has 2 rings (SSSR count). The number of piperidine rings is 1. The second-order valence-corrected chi connectivity index (χ2v) is 6.79. The molecule has 2 N–H and O–H groups in total. The molecule has 0 aliphatic carbocycles. The molecule has 19 heavy (non-hydrogen) atoms. The highest BCUT2D eigenvalue weighted by atomic mass is 35.5. The van der Waals surface area contributed by atoms with E-state index in [9.17, 15) is 12.8 Å². The van der Waals surface area contributed by atoms with Crippen LogP contribution < -0.4 is 10.0 Å². The topological polar surface area (TPSA) is 58.2 Å². The Bertz CT molecular complexity index is 545. The zero-order valence-electron chi connectivity index (χ0n) is 10.3. The molecule has 1 saturated heterocycles. The fraction of sp³-hybridized carbons (Fsp3) is 0.500. The van der Waals surface area contributed by atoms with Crippen molar-refractivity contribution in [3.8, 4) is 0 Å². The molecule has 0 unspecified atom stereocenters. The van der Waals surface area contributed by atoms with Crippen molar-refractivity contribution in [3.63, 3.8) is 0 Å². The van der Waals surface area contributed by atoms with E-state index >= 15 is 0 Å². The summed E-state index contributed by atoms with van der Waals surface area (Å²) in [5.74, 6) is -0.531. The number of rotatable bonds is 4. The number of halogens is 2. The Hall–Kier alpha value is -0.690. The molecule has 0 radical (unpaired) electrons. The third-order valence-electron chi connectivity index (χ3n) is 3.20. The van der Waals surface area contributed by atoms with Crippen LogP contribution in [0.4, 0.5) is 4.39 Å². The zero-order valence-corrected chi connectivity index (χ0v) is 11.9. The van der Waals surface area contributed by atoms with Crippen molar-refractivity contribution in [1.29, 1.82) is 0 Å². The van der Waals surface area contributed by atoms with Gasteiger partial charge in [0.15, 0.2) is 0 Å². The van der Waals surface area contributed by atoms with Crippen LogP contribution >= 0.6 is 11.6 Å². The van der Waals surface area contributed by atoms with Gasteiger partial charge in [0.2, 0.25) is 10.0 Å². The van der Waals surface area contributed by atoms with E-state index in [0.717, 1.165) is 32.0 Å². The molecule has 1 aliphatic rings. The smallest absolute Gasteiger partial charge is 0.243 e. The summed E-state index contributed by atoms with van der Waals surface area (Å²) in [7, 11) is -3.81. The average Bonchev–Trinajstić information content (AvgIpc) is 2.37. The lowest BCUT2D eigenvalue weighted by atomic mass is 9.99. The molecule has 0 aromatic heterocycles. The fourth-order valence-corrected chi connectivity index (χ4v) is 3.42. The van der Waals surface area contributed by atoms with Crippen molar-refractivity contribution in [2.24, 2.45) is 5.92 Å². The Balaban J connectivity index is 2.05. The lowest BCUT2D eigenvalue weighted by Crippen LogP contribution is -2.36. The summed E-state index contributed by atoms with van der Waals surface area (Å²) in [6.07, 6.45) is 1.84. The number of hydrogen-bond donors (Lipinski definition) is 2. The van der Waals surface area contributed by atoms with Crippen LogP contribution in [-0.2, 0) is 10.0 Å². The van der Waals surface area contributed by atoms with Crippen LogP contribution in [0, 0.1) is 11.7 Å². The monoisotopic (exact) mass is 306 g/mol. The van der Waals surface area contributed by atoms with Gasteiger partial charge in [0, 0.05) is 11.6 Å². The molecule has 1 fully saturated rings. The predicted molar refractivity (Wildman–Crippen MR) is 72.2 cm³/mol. The van der Waals surface area contributed by atoms with Crippen LogP contribution in [0.5, 0.6) is 0 Å². The first-order valence-corrected chi connectivity index (χ1v) is 8.00. The van der Waals surface area contributed by atoms with Crippen LogP contribution in [0.25, 0.3) is 0 Å². The molecule has 4 nitrogen and oxygen atoms in total. The summed E-state index contributed by atoms with van der Waals surface area (Å²) in [5, 5.41) is 3.38. The summed E-state index contributed by atoms with van der Waals surface area (Å²) in [6, 6.07) is 3.55. The van der Waals surface area contributed by atoms with Gasteiger partial charge in [-0.1, -0.05) is 11.6 Å². The molecule has 1 heterocycles. The first-order chi connectivity index (χ1) is 8.99. The van der Waals surface area contributed by atoms with E-state index in [0.29, 0.717) is 12.5 Å². The van der Waals surface area contributed by atoms with Gasteiger partial charge in [-0.05, 0) is 50.0 Å². The van der Waals surface area contributed by atoms with Gasteiger partial charge in [-0.2, -0.15) is 0 Å². The molecule has 1 aromatic rings. The van der Waals surface area contributed by atoms with E-state index in [4.69, 9.17) is 11.6 Å². The summed E-state index contributed by atoms with van der Waals surface area (Å²) in [5.41, 5.74) is 0. The molecule has 1 aliphatic heterocycles. The van der Waals surface area contributed by atoms with Crippen molar-refractivity contribution < 1.29 is 12.8 Å². The summed E-state index contributed by atoms with van der Waals surface area (Å²) in [6.45, 7) is 2.12. The Morgan fingerprint density at radius 1 is 1.37 bits per heavy atom. The Morgan fingerprint density at radius 3 is 2.68 bits per heavy atom. The Kier molecular flexibility index (Phi) is 4.78. The van der Waals surface area contributed by atoms with Gasteiger partial charge in [-0.25, -0.2) is 17.5 Å². The molecular formula is C12H16ClFN2O2S. The molecule has 1 aromatic carbocycles. The van der Waals surface area contributed by atoms with Crippen molar-refractivity contribution in [3.05, 3.63) is 29.0 Å². The third-order valence-corrected chi connectivity index (χ3v) is 4.90. The van der Waals surface area contributed by atoms with E-state index in [1.54, 1.807) is 0 Å². The van der Waals surface area contributed by atoms with E-state index in [-0.39, 0.29) is 9.92 Å². The van der Waals surface area contributed by atoms with Crippen LogP contribution in [0.15, 0.2) is 23.1 Å². The van der Waals surface area contributed by atoms with Gasteiger partial charge in [0.25, 0.3) is 0 Å². The highest BCUT2D eigenvalue weighted by Gasteiger charge is 2.21. The first-order valence-electron chi connectivity index (χ1n) is 6.14. The quantitative estimate of drug-likeness (QED) is 0.891. The molecule has 0 saturated carbocycles. The second-order valence-electron chi connectivity index (χ2n) is 4.62. The number of sulfonamides is 1. The minimum absolute atomic E-state index is 0.176. The Morgan fingerprint density at radius 2 is 2.05 bits per heavy atom. The molecule has 106 valence electrons. The molecule has 7 heteroatoms. The first kappa shape index (κ1) is 14.7. The van der Waals surface area contributed by atoms with Crippen molar-refractivity contribution in [2.75, 3.05) is 19.6 Å². The zero-order chi connectivity index (χ0) is 13.9. The van der Waals surface area contributed by atoms with Crippen molar-refractivity contribution in [1.82, 2.24) is 10.0 Å². The summed E-state index contributed by atoms with van der Waals surface area (Å²) in [4.78, 5) is -0.356. The maximum Gasteiger partial charge on any atom is 0.243 e. The second kappa shape index (κ2) is 6.17. The van der Waals surface area contributed by atoms with Crippen LogP contribution in [0.3, 0.4) is 0 Å². The van der Waals surface area contributed by atoms with Crippen LogP contribution in [0.2, 0.25) is 5.02 Å². The van der Waals surface area contributed by atoms with Gasteiger partial charge in [-0.15, -0.1) is 0 Å². The summed E-state index contributed by atoms with van der Waals surface area (Å²) < 4.78 is 40.1. The van der Waals surface area contributed by atoms with Gasteiger partial charge in [0.1, 0.15) is 10.7 Å². The minimum atomic E-state index is -3.81. The lowest BCUT2D eigenvalue weighted by molar-refractivity contribution is 0.372. The fourth-order valence-electron chi connectivity index (χ4n) is 2.08. The number of nitrogens with one attached hydrogen (secondary N) is 2. The number of hydrogen-bond acceptors (Lipinski definition) is 3. The Labute approximate surface area is 117 Å². The molecule has 0 bridgehead atoms. The van der Waals surface area contributed by atoms with E-state index < -0.39 is 15.8 Å². The standard InChI is InChI=1S/C12H16ClFN2O2S/c13-10-1-2-12(11(14)7-10)19(17,18)16-8-9-3-5-15-6-4-9/h1-2,7,9,15-16H,3-6,8H2. The van der Waals surface area contributed by atoms with Gasteiger partial charge >= 0.3 is 0 Å². The minimum Gasteiger partial charge on any atom is -0.317 e. The van der Waals surface area contributed by atoms with Crippen LogP contribution in [-0.4, -0.2) is 28.1 Å². The number of benzene rings is 1. The predicted octanol–water partition coefficient (Wildman–Crippen LogP) is 1.76. The van der Waals surface area contributed by atoms with E-state index in [1.807, 2.05) is 0 Å². The molecule has 0 atom stereocenters. The lowest BCUT2D eigenvalue weighted by Gasteiger charge is -2.22. The van der Waals surface area contributed by atoms with E-state index in [1.165, 1.54) is 12.1 Å². The average molecular weight is 307 g/mol. The molecule has 0 spiro atoms. The highest BCUT2D eigenvalue weighted by molar-refractivity contribution is 7.89. The largest absolute Gasteiger partial charge is 0.317 e. The highest BCUT2D eigenvalue weighted by Crippen LogP contribution is 2.19. The van der Waals surface area contributed by atoms with Crippen molar-refractivity contribution >= 4 is 21.6 Å². The maximum atomic E-state index is 13.6. The SMILES string of the molecule is O=S(=O)(NCC1CCNCC1)c1ccc(Cl)cc1F. The third kappa shape index (κ3) is 3.89. The molecule has 0 amide bonds. The normalized spacial score (nSPS) is 17.6. The maximum absolute atomic E-state index is 13.6. The van der Waals surface area contributed by atoms with Gasteiger partial charge in [-0.3, -0.25) is 0 Å². The summed E-state index contributed by atoms with van der Waals surface area (Å²) >= 11 is 5.60. The van der Waals surface area contributed by atoms with Gasteiger partial charge < -0.3 is 5.32 Å². The molecular weight excluding hydrogens is 291 g/mol. The van der Waals surface area contributed by atoms with Crippen molar-refractivity contribution in [2.45, 2.75) is 17.7 Å². The van der Waals surface area contributed by atoms with E-state index in [2.05, 4.69) is 10.0 Å².